The average Bonchev–Trinajstić information content (AvgIpc) is 3.15. The summed E-state index contributed by atoms with van der Waals surface area (Å²) >= 11 is 1.57. The summed E-state index contributed by atoms with van der Waals surface area (Å²) < 4.78 is 29.0. The first-order valence-corrected chi connectivity index (χ1v) is 9.73. The molecule has 2 rings (SSSR count). The van der Waals surface area contributed by atoms with Crippen LogP contribution in [0.1, 0.15) is 42.7 Å². The van der Waals surface area contributed by atoms with Crippen LogP contribution < -0.4 is 4.72 Å². The molecule has 0 aliphatic heterocycles. The molecular formula is C13H20N2O4S2. The highest BCUT2D eigenvalue weighted by atomic mass is 32.2. The van der Waals surface area contributed by atoms with Gasteiger partial charge in [0.1, 0.15) is 10.6 Å². The van der Waals surface area contributed by atoms with Gasteiger partial charge in [0.15, 0.2) is 0 Å². The van der Waals surface area contributed by atoms with E-state index in [1.807, 2.05) is 13.2 Å². The molecule has 0 amide bonds. The number of aromatic nitrogens is 1. The number of thioether (sulfide) groups is 1. The fourth-order valence-electron chi connectivity index (χ4n) is 2.15. The zero-order valence-corrected chi connectivity index (χ0v) is 13.7. The van der Waals surface area contributed by atoms with E-state index < -0.39 is 16.0 Å². The Morgan fingerprint density at radius 2 is 2.24 bits per heavy atom. The van der Waals surface area contributed by atoms with Crippen LogP contribution in [0.15, 0.2) is 17.2 Å². The van der Waals surface area contributed by atoms with Gasteiger partial charge in [-0.1, -0.05) is 6.92 Å². The second-order valence-corrected chi connectivity index (χ2v) is 7.81. The summed E-state index contributed by atoms with van der Waals surface area (Å²) in [6, 6.07) is 1.21. The van der Waals surface area contributed by atoms with Crippen molar-refractivity contribution in [1.82, 2.24) is 9.29 Å². The van der Waals surface area contributed by atoms with E-state index in [1.165, 1.54) is 12.3 Å². The van der Waals surface area contributed by atoms with Crippen LogP contribution in [0.4, 0.5) is 0 Å². The lowest BCUT2D eigenvalue weighted by atomic mass is 10.3. The van der Waals surface area contributed by atoms with Crippen molar-refractivity contribution in [3.8, 4) is 0 Å². The summed E-state index contributed by atoms with van der Waals surface area (Å²) in [5, 5.41) is 9.19. The largest absolute Gasteiger partial charge is 0.477 e. The normalized spacial score (nSPS) is 16.9. The topological polar surface area (TPSA) is 88.4 Å². The molecular weight excluding hydrogens is 312 g/mol. The number of nitrogens with one attached hydrogen (secondary N) is 1. The van der Waals surface area contributed by atoms with Crippen LogP contribution in [-0.4, -0.2) is 42.1 Å². The Morgan fingerprint density at radius 1 is 1.57 bits per heavy atom. The second-order valence-electron chi connectivity index (χ2n) is 5.19. The summed E-state index contributed by atoms with van der Waals surface area (Å²) in [4.78, 5) is 11.3. The molecule has 1 aromatic heterocycles. The quantitative estimate of drug-likeness (QED) is 0.759. The van der Waals surface area contributed by atoms with E-state index in [0.29, 0.717) is 12.2 Å². The fourth-order valence-corrected chi connectivity index (χ4v) is 4.32. The summed E-state index contributed by atoms with van der Waals surface area (Å²) in [6.45, 7) is 1.92. The summed E-state index contributed by atoms with van der Waals surface area (Å²) in [6.07, 6.45) is 5.84. The van der Waals surface area contributed by atoms with Crippen molar-refractivity contribution in [2.24, 2.45) is 0 Å². The van der Waals surface area contributed by atoms with Crippen LogP contribution in [0.3, 0.4) is 0 Å². The van der Waals surface area contributed by atoms with E-state index >= 15 is 0 Å². The van der Waals surface area contributed by atoms with Gasteiger partial charge >= 0.3 is 5.97 Å². The number of hydrogen-bond acceptors (Lipinski definition) is 4. The van der Waals surface area contributed by atoms with Gasteiger partial charge in [0.25, 0.3) is 0 Å². The van der Waals surface area contributed by atoms with Gasteiger partial charge in [-0.15, -0.1) is 0 Å². The molecule has 1 saturated carbocycles. The predicted molar refractivity (Wildman–Crippen MR) is 82.4 cm³/mol. The highest BCUT2D eigenvalue weighted by Gasteiger charge is 2.31. The molecule has 1 aromatic rings. The van der Waals surface area contributed by atoms with Crippen LogP contribution in [0.25, 0.3) is 0 Å². The monoisotopic (exact) mass is 332 g/mol. The lowest BCUT2D eigenvalue weighted by Crippen LogP contribution is -2.35. The molecule has 2 N–H and O–H groups in total. The minimum absolute atomic E-state index is 0.0337. The van der Waals surface area contributed by atoms with E-state index in [9.17, 15) is 18.3 Å². The third-order valence-electron chi connectivity index (χ3n) is 3.48. The molecule has 0 aromatic carbocycles. The highest BCUT2D eigenvalue weighted by Crippen LogP contribution is 2.37. The molecule has 1 unspecified atom stereocenters. The van der Waals surface area contributed by atoms with E-state index in [-0.39, 0.29) is 22.7 Å². The van der Waals surface area contributed by atoms with Gasteiger partial charge in [-0.05, 0) is 31.6 Å². The molecule has 1 heterocycles. The Hall–Kier alpha value is -0.990. The molecule has 0 radical (unpaired) electrons. The maximum absolute atomic E-state index is 12.4. The Labute approximate surface area is 129 Å². The van der Waals surface area contributed by atoms with E-state index in [4.69, 9.17) is 0 Å². The van der Waals surface area contributed by atoms with Gasteiger partial charge < -0.3 is 9.67 Å². The summed E-state index contributed by atoms with van der Waals surface area (Å²) in [5.74, 6) is -0.412. The van der Waals surface area contributed by atoms with Crippen LogP contribution >= 0.6 is 11.8 Å². The number of carboxylic acids is 1. The maximum Gasteiger partial charge on any atom is 0.352 e. The van der Waals surface area contributed by atoms with E-state index in [2.05, 4.69) is 4.72 Å². The molecule has 0 bridgehead atoms. The first kappa shape index (κ1) is 16.4. The third kappa shape index (κ3) is 3.81. The molecule has 1 fully saturated rings. The van der Waals surface area contributed by atoms with Gasteiger partial charge in [0.2, 0.25) is 10.0 Å². The Kier molecular flexibility index (Phi) is 5.00. The second kappa shape index (κ2) is 6.41. The smallest absolute Gasteiger partial charge is 0.352 e. The van der Waals surface area contributed by atoms with Gasteiger partial charge in [-0.3, -0.25) is 0 Å². The van der Waals surface area contributed by atoms with Gasteiger partial charge in [-0.25, -0.2) is 17.9 Å². The fraction of sp³-hybridized carbons (Fsp3) is 0.615. The zero-order valence-electron chi connectivity index (χ0n) is 12.1. The maximum atomic E-state index is 12.4. The standard InChI is InChI=1S/C13H20N2O4S2/c1-3-9(8-20-2)14-21(18,19)11-6-12(13(16)17)15(7-11)10-4-5-10/h6-7,9-10,14H,3-5,8H2,1-2H3,(H,16,17). The van der Waals surface area contributed by atoms with Gasteiger partial charge in [0.05, 0.1) is 0 Å². The molecule has 1 aliphatic rings. The molecule has 0 spiro atoms. The highest BCUT2D eigenvalue weighted by molar-refractivity contribution is 7.98. The van der Waals surface area contributed by atoms with Crippen LogP contribution in [-0.2, 0) is 10.0 Å². The number of hydrogen-bond donors (Lipinski definition) is 2. The molecule has 8 heteroatoms. The SMILES string of the molecule is CCC(CSC)NS(=O)(=O)c1cc(C(=O)O)n(C2CC2)c1. The third-order valence-corrected chi connectivity index (χ3v) is 5.70. The number of carboxylic acid groups (broad SMARTS) is 1. The number of rotatable bonds is 8. The van der Waals surface area contributed by atoms with Crippen molar-refractivity contribution in [1.29, 1.82) is 0 Å². The number of nitrogens with zero attached hydrogens (tertiary/aromatic N) is 1. The van der Waals surface area contributed by atoms with Gasteiger partial charge in [-0.2, -0.15) is 11.8 Å². The van der Waals surface area contributed by atoms with Crippen molar-refractivity contribution in [3.05, 3.63) is 18.0 Å². The Bertz CT molecular complexity index is 620. The molecule has 1 atom stereocenters. The van der Waals surface area contributed by atoms with Crippen molar-refractivity contribution in [2.45, 2.75) is 43.2 Å². The molecule has 1 aliphatic carbocycles. The van der Waals surface area contributed by atoms with Crippen LogP contribution in [0.5, 0.6) is 0 Å². The van der Waals surface area contributed by atoms with Crippen LogP contribution in [0, 0.1) is 0 Å². The van der Waals surface area contributed by atoms with Crippen LogP contribution in [0.2, 0.25) is 0 Å². The Morgan fingerprint density at radius 3 is 2.71 bits per heavy atom. The number of carbonyl (C=O) groups is 1. The minimum Gasteiger partial charge on any atom is -0.477 e. The predicted octanol–water partition coefficient (Wildman–Crippen LogP) is 1.94. The Balaban J connectivity index is 2.27. The van der Waals surface area contributed by atoms with Crippen molar-refractivity contribution < 1.29 is 18.3 Å². The minimum atomic E-state index is -3.68. The van der Waals surface area contributed by atoms with Crippen molar-refractivity contribution >= 4 is 27.8 Å². The van der Waals surface area contributed by atoms with Crippen molar-refractivity contribution in [3.63, 3.8) is 0 Å². The van der Waals surface area contributed by atoms with E-state index in [1.54, 1.807) is 16.3 Å². The zero-order chi connectivity index (χ0) is 15.6. The number of sulfonamides is 1. The summed E-state index contributed by atoms with van der Waals surface area (Å²) in [5.41, 5.74) is 0.0378. The van der Waals surface area contributed by atoms with Gasteiger partial charge in [0, 0.05) is 24.0 Å². The molecule has 21 heavy (non-hydrogen) atoms. The average molecular weight is 332 g/mol. The molecule has 118 valence electrons. The summed E-state index contributed by atoms with van der Waals surface area (Å²) in [7, 11) is -3.68. The first-order valence-electron chi connectivity index (χ1n) is 6.85. The molecule has 6 nitrogen and oxygen atoms in total. The lowest BCUT2D eigenvalue weighted by Gasteiger charge is -2.15. The molecule has 0 saturated heterocycles. The van der Waals surface area contributed by atoms with E-state index in [0.717, 1.165) is 12.8 Å². The first-order chi connectivity index (χ1) is 9.89. The lowest BCUT2D eigenvalue weighted by molar-refractivity contribution is 0.0685. The number of aromatic carboxylic acids is 1. The van der Waals surface area contributed by atoms with Crippen molar-refractivity contribution in [2.75, 3.05) is 12.0 Å².